The van der Waals surface area contributed by atoms with E-state index in [-0.39, 0.29) is 0 Å². The van der Waals surface area contributed by atoms with Crippen molar-refractivity contribution in [1.29, 1.82) is 0 Å². The van der Waals surface area contributed by atoms with Crippen LogP contribution in [-0.2, 0) is 0 Å². The molecule has 0 fully saturated rings. The van der Waals surface area contributed by atoms with Gasteiger partial charge in [0, 0.05) is 11.4 Å². The summed E-state index contributed by atoms with van der Waals surface area (Å²) in [6.07, 6.45) is 0. The Morgan fingerprint density at radius 3 is 1.59 bits per heavy atom. The standard InChI is InChI=1S/C19H16N2S/c22-19(20-17-9-5-2-6-10-17)21-18-13-11-16(12-14-18)15-7-3-1-4-8-15/h1-14H,(H2,20,21,22). The number of nitrogens with one attached hydrogen (secondary N) is 2. The monoisotopic (exact) mass is 304 g/mol. The molecule has 2 nitrogen and oxygen atoms in total. The zero-order valence-electron chi connectivity index (χ0n) is 12.0. The second kappa shape index (κ2) is 6.87. The molecule has 0 spiro atoms. The highest BCUT2D eigenvalue weighted by Gasteiger charge is 2.00. The van der Waals surface area contributed by atoms with E-state index >= 15 is 0 Å². The first kappa shape index (κ1) is 14.3. The van der Waals surface area contributed by atoms with Gasteiger partial charge >= 0.3 is 0 Å². The second-order valence-corrected chi connectivity index (χ2v) is 5.30. The third-order valence-electron chi connectivity index (χ3n) is 3.28. The Balaban J connectivity index is 1.65. The number of hydrogen-bond donors (Lipinski definition) is 2. The predicted molar refractivity (Wildman–Crippen MR) is 98.2 cm³/mol. The van der Waals surface area contributed by atoms with E-state index in [1.807, 2.05) is 60.7 Å². The van der Waals surface area contributed by atoms with Crippen molar-refractivity contribution in [2.75, 3.05) is 10.6 Å². The van der Waals surface area contributed by atoms with Gasteiger partial charge in [-0.05, 0) is 47.6 Å². The van der Waals surface area contributed by atoms with Crippen LogP contribution in [0.15, 0.2) is 84.9 Å². The fourth-order valence-electron chi connectivity index (χ4n) is 2.19. The van der Waals surface area contributed by atoms with Crippen molar-refractivity contribution in [3.63, 3.8) is 0 Å². The lowest BCUT2D eigenvalue weighted by molar-refractivity contribution is 1.58. The third kappa shape index (κ3) is 3.71. The molecule has 0 atom stereocenters. The fourth-order valence-corrected chi connectivity index (χ4v) is 2.43. The zero-order valence-corrected chi connectivity index (χ0v) is 12.8. The van der Waals surface area contributed by atoms with Gasteiger partial charge in [-0.15, -0.1) is 0 Å². The summed E-state index contributed by atoms with van der Waals surface area (Å²) in [6, 6.07) is 28.4. The molecule has 3 aromatic carbocycles. The highest BCUT2D eigenvalue weighted by molar-refractivity contribution is 7.80. The number of thiocarbonyl (C=S) groups is 1. The van der Waals surface area contributed by atoms with Crippen LogP contribution in [0.3, 0.4) is 0 Å². The van der Waals surface area contributed by atoms with E-state index in [1.54, 1.807) is 0 Å². The zero-order chi connectivity index (χ0) is 15.2. The summed E-state index contributed by atoms with van der Waals surface area (Å²) in [5.74, 6) is 0. The lowest BCUT2D eigenvalue weighted by Crippen LogP contribution is -2.18. The average Bonchev–Trinajstić information content (AvgIpc) is 2.57. The van der Waals surface area contributed by atoms with E-state index in [4.69, 9.17) is 12.2 Å². The van der Waals surface area contributed by atoms with Gasteiger partial charge < -0.3 is 10.6 Å². The maximum atomic E-state index is 5.32. The lowest BCUT2D eigenvalue weighted by atomic mass is 10.1. The summed E-state index contributed by atoms with van der Waals surface area (Å²) < 4.78 is 0. The number of para-hydroxylation sites is 1. The maximum absolute atomic E-state index is 5.32. The molecule has 0 aliphatic heterocycles. The Kier molecular flexibility index (Phi) is 4.47. The molecular formula is C19H16N2S. The van der Waals surface area contributed by atoms with E-state index in [0.29, 0.717) is 5.11 Å². The maximum Gasteiger partial charge on any atom is 0.175 e. The number of benzene rings is 3. The second-order valence-electron chi connectivity index (χ2n) is 4.89. The molecule has 0 bridgehead atoms. The van der Waals surface area contributed by atoms with Gasteiger partial charge in [-0.25, -0.2) is 0 Å². The van der Waals surface area contributed by atoms with Crippen molar-refractivity contribution in [1.82, 2.24) is 0 Å². The van der Waals surface area contributed by atoms with E-state index in [0.717, 1.165) is 11.4 Å². The molecular weight excluding hydrogens is 288 g/mol. The van der Waals surface area contributed by atoms with E-state index < -0.39 is 0 Å². The van der Waals surface area contributed by atoms with Crippen LogP contribution >= 0.6 is 12.2 Å². The largest absolute Gasteiger partial charge is 0.332 e. The number of rotatable bonds is 3. The van der Waals surface area contributed by atoms with Gasteiger partial charge in [-0.2, -0.15) is 0 Å². The Morgan fingerprint density at radius 2 is 1.00 bits per heavy atom. The molecule has 0 unspecified atom stereocenters. The lowest BCUT2D eigenvalue weighted by Gasteiger charge is -2.11. The Morgan fingerprint density at radius 1 is 0.545 bits per heavy atom. The van der Waals surface area contributed by atoms with Crippen LogP contribution in [-0.4, -0.2) is 5.11 Å². The summed E-state index contributed by atoms with van der Waals surface area (Å²) in [5, 5.41) is 6.93. The quantitative estimate of drug-likeness (QED) is 0.653. The highest BCUT2D eigenvalue weighted by atomic mass is 32.1. The molecule has 3 rings (SSSR count). The highest BCUT2D eigenvalue weighted by Crippen LogP contribution is 2.21. The SMILES string of the molecule is S=C(Nc1ccccc1)Nc1ccc(-c2ccccc2)cc1. The van der Waals surface area contributed by atoms with Gasteiger partial charge in [-0.1, -0.05) is 60.7 Å². The smallest absolute Gasteiger partial charge is 0.175 e. The normalized spacial score (nSPS) is 10.0. The number of anilines is 2. The topological polar surface area (TPSA) is 24.1 Å². The van der Waals surface area contributed by atoms with Crippen molar-refractivity contribution in [3.8, 4) is 11.1 Å². The van der Waals surface area contributed by atoms with Gasteiger partial charge in [0.25, 0.3) is 0 Å². The molecule has 0 aliphatic carbocycles. The molecule has 0 saturated carbocycles. The summed E-state index contributed by atoms with van der Waals surface area (Å²) in [5.41, 5.74) is 4.33. The van der Waals surface area contributed by atoms with Crippen molar-refractivity contribution < 1.29 is 0 Å². The minimum absolute atomic E-state index is 0.582. The number of hydrogen-bond acceptors (Lipinski definition) is 1. The van der Waals surface area contributed by atoms with Crippen LogP contribution in [0, 0.1) is 0 Å². The molecule has 2 N–H and O–H groups in total. The summed E-state index contributed by atoms with van der Waals surface area (Å²) >= 11 is 5.32. The van der Waals surface area contributed by atoms with Crippen molar-refractivity contribution in [2.45, 2.75) is 0 Å². The van der Waals surface area contributed by atoms with Crippen LogP contribution in [0.4, 0.5) is 11.4 Å². The minimum atomic E-state index is 0.582. The first-order valence-corrected chi connectivity index (χ1v) is 7.51. The summed E-state index contributed by atoms with van der Waals surface area (Å²) in [4.78, 5) is 0. The first-order valence-electron chi connectivity index (χ1n) is 7.10. The van der Waals surface area contributed by atoms with E-state index in [1.165, 1.54) is 11.1 Å². The molecule has 0 heterocycles. The van der Waals surface area contributed by atoms with Crippen molar-refractivity contribution in [3.05, 3.63) is 84.9 Å². The molecule has 22 heavy (non-hydrogen) atoms. The first-order chi connectivity index (χ1) is 10.8. The molecule has 0 amide bonds. The molecule has 108 valence electrons. The van der Waals surface area contributed by atoms with Gasteiger partial charge in [-0.3, -0.25) is 0 Å². The van der Waals surface area contributed by atoms with Crippen molar-refractivity contribution in [2.24, 2.45) is 0 Å². The molecule has 0 aliphatic rings. The van der Waals surface area contributed by atoms with Crippen molar-refractivity contribution >= 4 is 28.7 Å². The van der Waals surface area contributed by atoms with E-state index in [9.17, 15) is 0 Å². The van der Waals surface area contributed by atoms with Gasteiger partial charge in [0.15, 0.2) is 5.11 Å². The molecule has 0 saturated heterocycles. The average molecular weight is 304 g/mol. The Bertz CT molecular complexity index is 737. The van der Waals surface area contributed by atoms with Crippen LogP contribution in [0.2, 0.25) is 0 Å². The van der Waals surface area contributed by atoms with Crippen LogP contribution in [0.5, 0.6) is 0 Å². The molecule has 3 heteroatoms. The minimum Gasteiger partial charge on any atom is -0.332 e. The van der Waals surface area contributed by atoms with Crippen LogP contribution < -0.4 is 10.6 Å². The van der Waals surface area contributed by atoms with Gasteiger partial charge in [0.1, 0.15) is 0 Å². The molecule has 0 aromatic heterocycles. The predicted octanol–water partition coefficient (Wildman–Crippen LogP) is 5.16. The fraction of sp³-hybridized carbons (Fsp3) is 0. The van der Waals surface area contributed by atoms with Crippen LogP contribution in [0.25, 0.3) is 11.1 Å². The van der Waals surface area contributed by atoms with Gasteiger partial charge in [0.2, 0.25) is 0 Å². The third-order valence-corrected chi connectivity index (χ3v) is 3.49. The Hall–Kier alpha value is -2.65. The van der Waals surface area contributed by atoms with Crippen LogP contribution in [0.1, 0.15) is 0 Å². The Labute approximate surface area is 135 Å². The summed E-state index contributed by atoms with van der Waals surface area (Å²) in [7, 11) is 0. The molecule has 0 radical (unpaired) electrons. The molecule has 3 aromatic rings. The summed E-state index contributed by atoms with van der Waals surface area (Å²) in [6.45, 7) is 0. The van der Waals surface area contributed by atoms with E-state index in [2.05, 4.69) is 34.9 Å². The van der Waals surface area contributed by atoms with Gasteiger partial charge in [0.05, 0.1) is 0 Å².